The Labute approximate surface area is 85.3 Å². The number of nitrogen functional groups attached to an aromatic ring is 2. The van der Waals surface area contributed by atoms with Gasteiger partial charge in [-0.3, -0.25) is 0 Å². The molecule has 2 rings (SSSR count). The Bertz CT molecular complexity index is 338. The summed E-state index contributed by atoms with van der Waals surface area (Å²) in [6.07, 6.45) is 5.21. The van der Waals surface area contributed by atoms with Crippen LogP contribution in [-0.2, 0) is 0 Å². The number of rotatable bonds is 1. The summed E-state index contributed by atoms with van der Waals surface area (Å²) in [5.74, 6) is 0.651. The molecular weight excluding hydrogens is 172 g/mol. The number of anilines is 2. The summed E-state index contributed by atoms with van der Waals surface area (Å²) in [4.78, 5) is 0. The predicted octanol–water partition coefficient (Wildman–Crippen LogP) is 2.82. The van der Waals surface area contributed by atoms with Gasteiger partial charge in [0.1, 0.15) is 0 Å². The Morgan fingerprint density at radius 1 is 1.07 bits per heavy atom. The second kappa shape index (κ2) is 3.52. The molecule has 0 saturated heterocycles. The van der Waals surface area contributed by atoms with E-state index in [-0.39, 0.29) is 0 Å². The van der Waals surface area contributed by atoms with Crippen LogP contribution >= 0.6 is 0 Å². The van der Waals surface area contributed by atoms with Crippen molar-refractivity contribution in [3.05, 3.63) is 23.3 Å². The van der Waals surface area contributed by atoms with Gasteiger partial charge in [-0.2, -0.15) is 0 Å². The molecule has 0 atom stereocenters. The van der Waals surface area contributed by atoms with Gasteiger partial charge in [-0.15, -0.1) is 0 Å². The molecule has 0 aromatic heterocycles. The molecule has 0 radical (unpaired) electrons. The maximum Gasteiger partial charge on any atom is 0.0353 e. The molecule has 1 aromatic rings. The van der Waals surface area contributed by atoms with Gasteiger partial charge in [0.05, 0.1) is 0 Å². The van der Waals surface area contributed by atoms with Crippen molar-refractivity contribution in [1.29, 1.82) is 0 Å². The smallest absolute Gasteiger partial charge is 0.0353 e. The average molecular weight is 190 g/mol. The average Bonchev–Trinajstić information content (AvgIpc) is 2.65. The number of benzene rings is 1. The van der Waals surface area contributed by atoms with Crippen LogP contribution < -0.4 is 11.5 Å². The third kappa shape index (κ3) is 1.45. The summed E-state index contributed by atoms with van der Waals surface area (Å²) < 4.78 is 0. The summed E-state index contributed by atoms with van der Waals surface area (Å²) in [6.45, 7) is 2.08. The van der Waals surface area contributed by atoms with Gasteiger partial charge in [0.15, 0.2) is 0 Å². The highest BCUT2D eigenvalue weighted by molar-refractivity contribution is 5.62. The van der Waals surface area contributed by atoms with Crippen molar-refractivity contribution in [3.8, 4) is 0 Å². The first kappa shape index (κ1) is 9.38. The van der Waals surface area contributed by atoms with Crippen molar-refractivity contribution in [2.75, 3.05) is 11.5 Å². The predicted molar refractivity (Wildman–Crippen MR) is 61.2 cm³/mol. The number of hydrogen-bond acceptors (Lipinski definition) is 2. The minimum absolute atomic E-state index is 0.651. The third-order valence-electron chi connectivity index (χ3n) is 3.35. The van der Waals surface area contributed by atoms with E-state index < -0.39 is 0 Å². The molecule has 1 aliphatic carbocycles. The molecule has 0 amide bonds. The van der Waals surface area contributed by atoms with Gasteiger partial charge in [0.2, 0.25) is 0 Å². The molecular formula is C12H18N2. The lowest BCUT2D eigenvalue weighted by molar-refractivity contribution is 0.721. The van der Waals surface area contributed by atoms with Crippen molar-refractivity contribution in [1.82, 2.24) is 0 Å². The van der Waals surface area contributed by atoms with Crippen LogP contribution in [0.1, 0.15) is 42.7 Å². The van der Waals surface area contributed by atoms with Crippen LogP contribution in [0.3, 0.4) is 0 Å². The Hall–Kier alpha value is -1.18. The first-order valence-corrected chi connectivity index (χ1v) is 5.34. The second-order valence-electron chi connectivity index (χ2n) is 4.26. The Morgan fingerprint density at radius 3 is 2.29 bits per heavy atom. The molecule has 4 N–H and O–H groups in total. The quantitative estimate of drug-likeness (QED) is 0.669. The molecule has 76 valence electrons. The Kier molecular flexibility index (Phi) is 2.36. The first-order valence-electron chi connectivity index (χ1n) is 5.34. The fourth-order valence-electron chi connectivity index (χ4n) is 2.52. The van der Waals surface area contributed by atoms with Gasteiger partial charge < -0.3 is 11.5 Å². The van der Waals surface area contributed by atoms with E-state index in [1.807, 2.05) is 12.1 Å². The maximum atomic E-state index is 6.01. The van der Waals surface area contributed by atoms with Crippen LogP contribution in [0, 0.1) is 6.92 Å². The van der Waals surface area contributed by atoms with E-state index in [2.05, 4.69) is 6.92 Å². The van der Waals surface area contributed by atoms with E-state index in [1.165, 1.54) is 36.8 Å². The fraction of sp³-hybridized carbons (Fsp3) is 0.500. The third-order valence-corrected chi connectivity index (χ3v) is 3.35. The zero-order valence-electron chi connectivity index (χ0n) is 8.72. The van der Waals surface area contributed by atoms with Gasteiger partial charge in [-0.25, -0.2) is 0 Å². The van der Waals surface area contributed by atoms with Crippen molar-refractivity contribution in [2.24, 2.45) is 0 Å². The standard InChI is InChI=1S/C12H18N2/c1-8-10(13)6-7-11(14)12(8)9-4-2-3-5-9/h6-7,9H,2-5,13-14H2,1H3. The molecule has 0 bridgehead atoms. The van der Waals surface area contributed by atoms with Crippen LogP contribution in [0.5, 0.6) is 0 Å². The Balaban J connectivity index is 2.44. The van der Waals surface area contributed by atoms with Crippen LogP contribution in [0.25, 0.3) is 0 Å². The summed E-state index contributed by atoms with van der Waals surface area (Å²) in [7, 11) is 0. The van der Waals surface area contributed by atoms with Crippen LogP contribution in [0.2, 0.25) is 0 Å². The molecule has 14 heavy (non-hydrogen) atoms. The highest BCUT2D eigenvalue weighted by Gasteiger charge is 2.21. The summed E-state index contributed by atoms with van der Waals surface area (Å²) in [5, 5.41) is 0. The highest BCUT2D eigenvalue weighted by atomic mass is 14.6. The van der Waals surface area contributed by atoms with Crippen molar-refractivity contribution < 1.29 is 0 Å². The molecule has 2 nitrogen and oxygen atoms in total. The van der Waals surface area contributed by atoms with E-state index in [9.17, 15) is 0 Å². The molecule has 1 aliphatic rings. The molecule has 1 saturated carbocycles. The van der Waals surface area contributed by atoms with Crippen molar-refractivity contribution in [3.63, 3.8) is 0 Å². The molecule has 1 aromatic carbocycles. The molecule has 0 aliphatic heterocycles. The first-order chi connectivity index (χ1) is 6.70. The lowest BCUT2D eigenvalue weighted by Gasteiger charge is -2.17. The van der Waals surface area contributed by atoms with Gasteiger partial charge in [0, 0.05) is 11.4 Å². The van der Waals surface area contributed by atoms with Gasteiger partial charge >= 0.3 is 0 Å². The van der Waals surface area contributed by atoms with E-state index in [0.717, 1.165) is 11.4 Å². The maximum absolute atomic E-state index is 6.01. The SMILES string of the molecule is Cc1c(N)ccc(N)c1C1CCCC1. The fourth-order valence-corrected chi connectivity index (χ4v) is 2.52. The van der Waals surface area contributed by atoms with E-state index >= 15 is 0 Å². The normalized spacial score (nSPS) is 17.5. The molecule has 0 unspecified atom stereocenters. The monoisotopic (exact) mass is 190 g/mol. The largest absolute Gasteiger partial charge is 0.399 e. The molecule has 1 fully saturated rings. The number of nitrogens with two attached hydrogens (primary N) is 2. The van der Waals surface area contributed by atoms with E-state index in [1.54, 1.807) is 0 Å². The summed E-state index contributed by atoms with van der Waals surface area (Å²) >= 11 is 0. The van der Waals surface area contributed by atoms with Crippen LogP contribution in [0.15, 0.2) is 12.1 Å². The minimum atomic E-state index is 0.651. The van der Waals surface area contributed by atoms with Crippen molar-refractivity contribution in [2.45, 2.75) is 38.5 Å². The lowest BCUT2D eigenvalue weighted by atomic mass is 9.91. The number of hydrogen-bond donors (Lipinski definition) is 2. The highest BCUT2D eigenvalue weighted by Crippen LogP contribution is 2.39. The molecule has 0 spiro atoms. The van der Waals surface area contributed by atoms with Gasteiger partial charge in [-0.05, 0) is 48.9 Å². The van der Waals surface area contributed by atoms with Crippen LogP contribution in [0.4, 0.5) is 11.4 Å². The zero-order valence-corrected chi connectivity index (χ0v) is 8.72. The summed E-state index contributed by atoms with van der Waals surface area (Å²) in [6, 6.07) is 3.85. The van der Waals surface area contributed by atoms with Crippen molar-refractivity contribution >= 4 is 11.4 Å². The minimum Gasteiger partial charge on any atom is -0.399 e. The molecule has 2 heteroatoms. The van der Waals surface area contributed by atoms with Gasteiger partial charge in [0.25, 0.3) is 0 Å². The van der Waals surface area contributed by atoms with Gasteiger partial charge in [-0.1, -0.05) is 12.8 Å². The van der Waals surface area contributed by atoms with Crippen LogP contribution in [-0.4, -0.2) is 0 Å². The zero-order chi connectivity index (χ0) is 10.1. The molecule has 0 heterocycles. The summed E-state index contributed by atoms with van der Waals surface area (Å²) in [5.41, 5.74) is 16.2. The topological polar surface area (TPSA) is 52.0 Å². The lowest BCUT2D eigenvalue weighted by Crippen LogP contribution is -2.04. The van der Waals surface area contributed by atoms with E-state index in [4.69, 9.17) is 11.5 Å². The Morgan fingerprint density at radius 2 is 1.64 bits per heavy atom. The van der Waals surface area contributed by atoms with E-state index in [0.29, 0.717) is 5.92 Å². The second-order valence-corrected chi connectivity index (χ2v) is 4.26.